The maximum absolute atomic E-state index is 12.1. The van der Waals surface area contributed by atoms with E-state index in [9.17, 15) is 18.0 Å². The van der Waals surface area contributed by atoms with Gasteiger partial charge in [-0.2, -0.15) is 0 Å². The molecule has 0 aliphatic carbocycles. The molecule has 1 aromatic rings. The smallest absolute Gasteiger partial charge is 0.406 e. The number of hydrogen-bond acceptors (Lipinski definition) is 3. The lowest BCUT2D eigenvalue weighted by Gasteiger charge is -2.27. The van der Waals surface area contributed by atoms with Gasteiger partial charge in [0.15, 0.2) is 0 Å². The number of rotatable bonds is 2. The van der Waals surface area contributed by atoms with E-state index < -0.39 is 6.36 Å². The zero-order valence-electron chi connectivity index (χ0n) is 10.1. The highest BCUT2D eigenvalue weighted by atomic mass is 35.5. The van der Waals surface area contributed by atoms with Crippen molar-refractivity contribution >= 4 is 36.4 Å². The lowest BCUT2D eigenvalue weighted by atomic mass is 10.2. The molecule has 9 heteroatoms. The van der Waals surface area contributed by atoms with Crippen molar-refractivity contribution in [3.8, 4) is 5.75 Å². The summed E-state index contributed by atoms with van der Waals surface area (Å²) in [5.41, 5.74) is 0.406. The Bertz CT molecular complexity index is 458. The molecule has 4 nitrogen and oxygen atoms in total. The number of nitrogens with one attached hydrogen (secondary N) is 1. The Hall–Kier alpha value is -1.18. The van der Waals surface area contributed by atoms with Crippen molar-refractivity contribution < 1.29 is 22.7 Å². The van der Waals surface area contributed by atoms with Gasteiger partial charge in [-0.05, 0) is 12.1 Å². The topological polar surface area (TPSA) is 41.6 Å². The van der Waals surface area contributed by atoms with Crippen LogP contribution in [0.1, 0.15) is 0 Å². The molecule has 20 heavy (non-hydrogen) atoms. The molecule has 1 saturated heterocycles. The summed E-state index contributed by atoms with van der Waals surface area (Å²) in [7, 11) is 0. The van der Waals surface area contributed by atoms with E-state index in [1.54, 1.807) is 6.07 Å². The number of hydrogen-bond donors (Lipinski definition) is 1. The predicted octanol–water partition coefficient (Wildman–Crippen LogP) is 2.37. The zero-order valence-corrected chi connectivity index (χ0v) is 11.8. The van der Waals surface area contributed by atoms with Crippen LogP contribution in [0, 0.1) is 0 Å². The molecule has 0 unspecified atom stereocenters. The second-order valence-electron chi connectivity index (χ2n) is 3.77. The van der Waals surface area contributed by atoms with Gasteiger partial charge in [-0.1, -0.05) is 6.07 Å². The number of nitrogens with zero attached hydrogens (tertiary/aromatic N) is 1. The van der Waals surface area contributed by atoms with Crippen molar-refractivity contribution in [2.45, 2.75) is 6.36 Å². The van der Waals surface area contributed by atoms with Gasteiger partial charge in [0.2, 0.25) is 5.91 Å². The Labute approximate surface area is 126 Å². The maximum Gasteiger partial charge on any atom is 0.573 e. The Balaban J connectivity index is 0.00000180. The number of carbonyl (C=O) groups excluding carboxylic acids is 1. The first-order valence-corrected chi connectivity index (χ1v) is 5.32. The van der Waals surface area contributed by atoms with Crippen LogP contribution in [0.5, 0.6) is 5.75 Å². The van der Waals surface area contributed by atoms with Gasteiger partial charge in [0.25, 0.3) is 0 Å². The highest BCUT2D eigenvalue weighted by Gasteiger charge is 2.31. The number of halogens is 5. The number of anilines is 1. The molecule has 1 aliphatic heterocycles. The summed E-state index contributed by atoms with van der Waals surface area (Å²) in [6, 6.07) is 5.40. The average molecular weight is 333 g/mol. The highest BCUT2D eigenvalue weighted by molar-refractivity contribution is 5.95. The van der Waals surface area contributed by atoms with Gasteiger partial charge in [0.1, 0.15) is 5.75 Å². The van der Waals surface area contributed by atoms with Gasteiger partial charge in [0.05, 0.1) is 6.54 Å². The van der Waals surface area contributed by atoms with Crippen LogP contribution in [0.15, 0.2) is 24.3 Å². The minimum atomic E-state index is -4.73. The molecular weight excluding hydrogens is 320 g/mol. The molecule has 1 N–H and O–H groups in total. The fourth-order valence-electron chi connectivity index (χ4n) is 1.73. The van der Waals surface area contributed by atoms with Crippen molar-refractivity contribution in [1.82, 2.24) is 5.32 Å². The Morgan fingerprint density at radius 2 is 1.95 bits per heavy atom. The number of carbonyl (C=O) groups is 1. The van der Waals surface area contributed by atoms with Gasteiger partial charge < -0.3 is 15.0 Å². The molecule has 0 spiro atoms. The predicted molar refractivity (Wildman–Crippen MR) is 72.8 cm³/mol. The fourth-order valence-corrected chi connectivity index (χ4v) is 1.73. The first-order chi connectivity index (χ1) is 8.46. The molecule has 1 amide bonds. The quantitative estimate of drug-likeness (QED) is 0.904. The van der Waals surface area contributed by atoms with E-state index in [0.29, 0.717) is 18.8 Å². The van der Waals surface area contributed by atoms with Gasteiger partial charge >= 0.3 is 6.36 Å². The standard InChI is InChI=1S/C11H11F3N2O2.2ClH/c12-11(13,14)18-9-3-1-2-8(6-9)16-5-4-15-7-10(16)17;;/h1-3,6,15H,4-5,7H2;2*1H. The molecule has 0 radical (unpaired) electrons. The van der Waals surface area contributed by atoms with Crippen molar-refractivity contribution in [3.05, 3.63) is 24.3 Å². The van der Waals surface area contributed by atoms with Crippen LogP contribution in [-0.4, -0.2) is 31.9 Å². The van der Waals surface area contributed by atoms with E-state index in [4.69, 9.17) is 0 Å². The molecule has 1 aromatic carbocycles. The van der Waals surface area contributed by atoms with Crippen molar-refractivity contribution in [3.63, 3.8) is 0 Å². The normalized spacial score (nSPS) is 15.2. The van der Waals surface area contributed by atoms with E-state index in [0.717, 1.165) is 0 Å². The summed E-state index contributed by atoms with van der Waals surface area (Å²) in [5, 5.41) is 2.88. The average Bonchev–Trinajstić information content (AvgIpc) is 2.27. The highest BCUT2D eigenvalue weighted by Crippen LogP contribution is 2.27. The van der Waals surface area contributed by atoms with Crippen LogP contribution in [0.4, 0.5) is 18.9 Å². The van der Waals surface area contributed by atoms with Crippen molar-refractivity contribution in [1.29, 1.82) is 0 Å². The molecular formula is C11H13Cl2F3N2O2. The Morgan fingerprint density at radius 1 is 1.25 bits per heavy atom. The lowest BCUT2D eigenvalue weighted by Crippen LogP contribution is -2.48. The summed E-state index contributed by atoms with van der Waals surface area (Å²) in [6.07, 6.45) is -4.73. The minimum absolute atomic E-state index is 0. The van der Waals surface area contributed by atoms with E-state index in [1.807, 2.05) is 0 Å². The third kappa shape index (κ3) is 5.07. The monoisotopic (exact) mass is 332 g/mol. The summed E-state index contributed by atoms with van der Waals surface area (Å²) in [6.45, 7) is 1.22. The molecule has 0 saturated carbocycles. The van der Waals surface area contributed by atoms with E-state index >= 15 is 0 Å². The number of amides is 1. The largest absolute Gasteiger partial charge is 0.573 e. The lowest BCUT2D eigenvalue weighted by molar-refractivity contribution is -0.274. The van der Waals surface area contributed by atoms with E-state index in [1.165, 1.54) is 23.1 Å². The van der Waals surface area contributed by atoms with Gasteiger partial charge in [0, 0.05) is 24.8 Å². The number of ether oxygens (including phenoxy) is 1. The Kier molecular flexibility index (Phi) is 7.12. The number of piperazine rings is 1. The van der Waals surface area contributed by atoms with Crippen LogP contribution in [0.2, 0.25) is 0 Å². The molecule has 114 valence electrons. The Morgan fingerprint density at radius 3 is 2.55 bits per heavy atom. The third-order valence-corrected chi connectivity index (χ3v) is 2.45. The van der Waals surface area contributed by atoms with Gasteiger partial charge in [-0.15, -0.1) is 38.0 Å². The summed E-state index contributed by atoms with van der Waals surface area (Å²) >= 11 is 0. The first-order valence-electron chi connectivity index (χ1n) is 5.32. The van der Waals surface area contributed by atoms with Crippen LogP contribution in [-0.2, 0) is 4.79 Å². The zero-order chi connectivity index (χ0) is 13.2. The van der Waals surface area contributed by atoms with Crippen molar-refractivity contribution in [2.75, 3.05) is 24.5 Å². The summed E-state index contributed by atoms with van der Waals surface area (Å²) in [5.74, 6) is -0.503. The molecule has 0 aromatic heterocycles. The van der Waals surface area contributed by atoms with Crippen molar-refractivity contribution in [2.24, 2.45) is 0 Å². The summed E-state index contributed by atoms with van der Waals surface area (Å²) in [4.78, 5) is 13.0. The minimum Gasteiger partial charge on any atom is -0.406 e. The number of alkyl halides is 3. The van der Waals surface area contributed by atoms with Gasteiger partial charge in [-0.25, -0.2) is 0 Å². The second kappa shape index (κ2) is 7.56. The van der Waals surface area contributed by atoms with Crippen LogP contribution in [0.3, 0.4) is 0 Å². The SMILES string of the molecule is Cl.Cl.O=C1CNCCN1c1cccc(OC(F)(F)F)c1. The molecule has 1 fully saturated rings. The van der Waals surface area contributed by atoms with Crippen LogP contribution in [0.25, 0.3) is 0 Å². The number of benzene rings is 1. The second-order valence-corrected chi connectivity index (χ2v) is 3.77. The van der Waals surface area contributed by atoms with Gasteiger partial charge in [-0.3, -0.25) is 4.79 Å². The van der Waals surface area contributed by atoms with E-state index in [2.05, 4.69) is 10.1 Å². The molecule has 2 rings (SSSR count). The van der Waals surface area contributed by atoms with E-state index in [-0.39, 0.29) is 43.0 Å². The third-order valence-electron chi connectivity index (χ3n) is 2.45. The fraction of sp³-hybridized carbons (Fsp3) is 0.364. The molecule has 1 heterocycles. The van der Waals surface area contributed by atoms with Crippen LogP contribution < -0.4 is 15.0 Å². The summed E-state index contributed by atoms with van der Waals surface area (Å²) < 4.78 is 40.1. The first kappa shape index (κ1) is 18.8. The maximum atomic E-state index is 12.1. The molecule has 0 atom stereocenters. The van der Waals surface area contributed by atoms with Crippen LogP contribution >= 0.6 is 24.8 Å². The molecule has 0 bridgehead atoms. The molecule has 1 aliphatic rings.